The lowest BCUT2D eigenvalue weighted by Gasteiger charge is -2.07. The third kappa shape index (κ3) is 3.45. The molecular weight excluding hydrogens is 304 g/mol. The van der Waals surface area contributed by atoms with E-state index in [-0.39, 0.29) is 18.8 Å². The van der Waals surface area contributed by atoms with Crippen LogP contribution in [-0.2, 0) is 11.2 Å². The molecule has 0 spiro atoms. The third-order valence-electron chi connectivity index (χ3n) is 3.49. The van der Waals surface area contributed by atoms with Gasteiger partial charge in [0.2, 0.25) is 0 Å². The maximum absolute atomic E-state index is 12.2. The van der Waals surface area contributed by atoms with E-state index in [2.05, 4.69) is 0 Å². The number of benzene rings is 1. The second-order valence-corrected chi connectivity index (χ2v) is 6.24. The number of aliphatic hydroxyl groups is 1. The van der Waals surface area contributed by atoms with E-state index in [0.717, 1.165) is 15.6 Å². The number of carboxylic acid groups (broad SMARTS) is 1. The zero-order chi connectivity index (χ0) is 16.3. The Hall–Kier alpha value is -1.92. The molecule has 5 nitrogen and oxygen atoms in total. The number of carbonyl (C=O) groups is 2. The summed E-state index contributed by atoms with van der Waals surface area (Å²) >= 11 is 1.33. The third-order valence-corrected chi connectivity index (χ3v) is 4.63. The molecule has 1 atom stereocenters. The minimum Gasteiger partial charge on any atom is -0.496 e. The van der Waals surface area contributed by atoms with Gasteiger partial charge in [0.25, 0.3) is 0 Å². The number of rotatable bonds is 7. The fourth-order valence-corrected chi connectivity index (χ4v) is 3.25. The Labute approximate surface area is 132 Å². The minimum atomic E-state index is -0.971. The molecule has 0 aliphatic carbocycles. The van der Waals surface area contributed by atoms with E-state index in [9.17, 15) is 9.59 Å². The number of aliphatic hydroxyl groups excluding tert-OH is 1. The van der Waals surface area contributed by atoms with Gasteiger partial charge >= 0.3 is 5.97 Å². The highest BCUT2D eigenvalue weighted by Crippen LogP contribution is 2.33. The van der Waals surface area contributed by atoms with E-state index >= 15 is 0 Å². The summed E-state index contributed by atoms with van der Waals surface area (Å²) in [6.07, 6.45) is 0.469. The van der Waals surface area contributed by atoms with Crippen LogP contribution in [0.25, 0.3) is 10.1 Å². The highest BCUT2D eigenvalue weighted by molar-refractivity contribution is 7.20. The Morgan fingerprint density at radius 3 is 2.64 bits per heavy atom. The molecule has 2 rings (SSSR count). The number of ketones is 1. The summed E-state index contributed by atoms with van der Waals surface area (Å²) in [4.78, 5) is 23.6. The molecule has 0 unspecified atom stereocenters. The molecule has 2 N–H and O–H groups in total. The monoisotopic (exact) mass is 322 g/mol. The molecule has 0 saturated carbocycles. The number of hydrogen-bond acceptors (Lipinski definition) is 5. The van der Waals surface area contributed by atoms with Crippen LogP contribution in [0.4, 0.5) is 0 Å². The average Bonchev–Trinajstić information content (AvgIpc) is 2.89. The van der Waals surface area contributed by atoms with Crippen molar-refractivity contribution in [2.75, 3.05) is 13.7 Å². The van der Waals surface area contributed by atoms with Crippen molar-refractivity contribution in [2.45, 2.75) is 19.8 Å². The first kappa shape index (κ1) is 16.5. The van der Waals surface area contributed by atoms with Gasteiger partial charge in [0.05, 0.1) is 17.9 Å². The molecule has 1 aromatic carbocycles. The first-order chi connectivity index (χ1) is 10.5. The predicted molar refractivity (Wildman–Crippen MR) is 84.9 cm³/mol. The number of aliphatic carboxylic acids is 1. The van der Waals surface area contributed by atoms with Crippen LogP contribution in [0, 0.1) is 5.92 Å². The number of hydrogen-bond donors (Lipinski definition) is 2. The summed E-state index contributed by atoms with van der Waals surface area (Å²) < 4.78 is 6.21. The van der Waals surface area contributed by atoms with E-state index in [1.807, 2.05) is 12.1 Å². The number of Topliss-reactive ketones (excluding diaryl/α,β-unsaturated/α-hetero) is 1. The van der Waals surface area contributed by atoms with Crippen molar-refractivity contribution in [3.63, 3.8) is 0 Å². The van der Waals surface area contributed by atoms with Gasteiger partial charge in [-0.15, -0.1) is 11.3 Å². The quantitative estimate of drug-likeness (QED) is 0.766. The number of thiophene rings is 1. The summed E-state index contributed by atoms with van der Waals surface area (Å²) in [6, 6.07) is 5.53. The van der Waals surface area contributed by atoms with Gasteiger partial charge in [0.1, 0.15) is 5.75 Å². The van der Waals surface area contributed by atoms with Crippen LogP contribution in [0.1, 0.15) is 28.6 Å². The molecule has 118 valence electrons. The number of ether oxygens (including phenoxy) is 1. The highest BCUT2D eigenvalue weighted by atomic mass is 32.1. The van der Waals surface area contributed by atoms with Crippen LogP contribution in [0.15, 0.2) is 18.2 Å². The van der Waals surface area contributed by atoms with Gasteiger partial charge in [-0.1, -0.05) is 6.92 Å². The van der Waals surface area contributed by atoms with Crippen molar-refractivity contribution in [1.29, 1.82) is 0 Å². The maximum atomic E-state index is 12.2. The Balaban J connectivity index is 2.33. The molecule has 2 aromatic rings. The Kier molecular flexibility index (Phi) is 5.15. The molecule has 0 aliphatic rings. The summed E-state index contributed by atoms with van der Waals surface area (Å²) in [5.41, 5.74) is 0.883. The van der Waals surface area contributed by atoms with Crippen molar-refractivity contribution in [3.05, 3.63) is 28.6 Å². The molecule has 0 fully saturated rings. The van der Waals surface area contributed by atoms with E-state index in [4.69, 9.17) is 14.9 Å². The van der Waals surface area contributed by atoms with Crippen LogP contribution in [-0.4, -0.2) is 35.7 Å². The molecule has 0 bridgehead atoms. The largest absolute Gasteiger partial charge is 0.496 e. The molecule has 1 heterocycles. The van der Waals surface area contributed by atoms with E-state index in [1.54, 1.807) is 13.2 Å². The number of carboxylic acids is 1. The SMILES string of the molecule is COc1cc2sc(C(=O)C[C@H](C)C(=O)O)cc2cc1CCO. The van der Waals surface area contributed by atoms with Crippen LogP contribution < -0.4 is 4.74 Å². The molecule has 0 saturated heterocycles. The van der Waals surface area contributed by atoms with Gasteiger partial charge in [-0.05, 0) is 35.6 Å². The smallest absolute Gasteiger partial charge is 0.306 e. The van der Waals surface area contributed by atoms with E-state index < -0.39 is 11.9 Å². The number of fused-ring (bicyclic) bond motifs is 1. The summed E-state index contributed by atoms with van der Waals surface area (Å²) in [5.74, 6) is -1.15. The van der Waals surface area contributed by atoms with Gasteiger partial charge in [-0.25, -0.2) is 0 Å². The fourth-order valence-electron chi connectivity index (χ4n) is 2.22. The Bertz CT molecular complexity index is 704. The molecule has 0 aliphatic heterocycles. The lowest BCUT2D eigenvalue weighted by molar-refractivity contribution is -0.141. The Morgan fingerprint density at radius 2 is 2.05 bits per heavy atom. The van der Waals surface area contributed by atoms with Crippen molar-refractivity contribution < 1.29 is 24.5 Å². The van der Waals surface area contributed by atoms with Gasteiger partial charge < -0.3 is 14.9 Å². The van der Waals surface area contributed by atoms with Gasteiger partial charge in [0, 0.05) is 17.7 Å². The zero-order valence-corrected chi connectivity index (χ0v) is 13.3. The molecule has 0 radical (unpaired) electrons. The van der Waals surface area contributed by atoms with Crippen LogP contribution >= 0.6 is 11.3 Å². The molecule has 22 heavy (non-hydrogen) atoms. The number of methoxy groups -OCH3 is 1. The average molecular weight is 322 g/mol. The fraction of sp³-hybridized carbons (Fsp3) is 0.375. The first-order valence-electron chi connectivity index (χ1n) is 6.93. The standard InChI is InChI=1S/C16H18O5S/c1-9(16(19)20)5-12(18)15-7-11-6-10(3-4-17)13(21-2)8-14(11)22-15/h6-9,17H,3-5H2,1-2H3,(H,19,20)/t9-/m0/s1. The maximum Gasteiger partial charge on any atom is 0.306 e. The summed E-state index contributed by atoms with van der Waals surface area (Å²) in [7, 11) is 1.57. The molecule has 0 amide bonds. The van der Waals surface area contributed by atoms with E-state index in [1.165, 1.54) is 18.3 Å². The van der Waals surface area contributed by atoms with Gasteiger partial charge in [0.15, 0.2) is 5.78 Å². The lowest BCUT2D eigenvalue weighted by Crippen LogP contribution is -2.13. The predicted octanol–water partition coefficient (Wildman–Crippen LogP) is 2.74. The van der Waals surface area contributed by atoms with Crippen molar-refractivity contribution in [3.8, 4) is 5.75 Å². The molecule has 1 aromatic heterocycles. The van der Waals surface area contributed by atoms with Crippen LogP contribution in [0.2, 0.25) is 0 Å². The molecule has 6 heteroatoms. The van der Waals surface area contributed by atoms with Crippen molar-refractivity contribution >= 4 is 33.2 Å². The van der Waals surface area contributed by atoms with E-state index in [0.29, 0.717) is 17.0 Å². The summed E-state index contributed by atoms with van der Waals surface area (Å²) in [6.45, 7) is 1.55. The lowest BCUT2D eigenvalue weighted by atomic mass is 10.0. The number of carbonyl (C=O) groups excluding carboxylic acids is 1. The second kappa shape index (κ2) is 6.89. The zero-order valence-electron chi connectivity index (χ0n) is 12.5. The van der Waals surface area contributed by atoms with Gasteiger partial charge in [-0.3, -0.25) is 9.59 Å². The minimum absolute atomic E-state index is 0.0111. The van der Waals surface area contributed by atoms with Crippen LogP contribution in [0.5, 0.6) is 5.75 Å². The topological polar surface area (TPSA) is 83.8 Å². The first-order valence-corrected chi connectivity index (χ1v) is 7.75. The highest BCUT2D eigenvalue weighted by Gasteiger charge is 2.19. The van der Waals surface area contributed by atoms with Crippen LogP contribution in [0.3, 0.4) is 0 Å². The summed E-state index contributed by atoms with van der Waals surface area (Å²) in [5, 5.41) is 18.9. The second-order valence-electron chi connectivity index (χ2n) is 5.15. The normalized spacial score (nSPS) is 12.3. The molecular formula is C16H18O5S. The van der Waals surface area contributed by atoms with Gasteiger partial charge in [-0.2, -0.15) is 0 Å². The Morgan fingerprint density at radius 1 is 1.32 bits per heavy atom. The van der Waals surface area contributed by atoms with Crippen molar-refractivity contribution in [1.82, 2.24) is 0 Å². The van der Waals surface area contributed by atoms with Crippen molar-refractivity contribution in [2.24, 2.45) is 5.92 Å².